The molecule has 1 aromatic carbocycles. The maximum Gasteiger partial charge on any atom is -0.0395 e. The van der Waals surface area contributed by atoms with Crippen molar-refractivity contribution in [2.24, 2.45) is 0 Å². The molecule has 0 aliphatic rings. The summed E-state index contributed by atoms with van der Waals surface area (Å²) in [5.74, 6) is 0. The molecule has 0 radical (unpaired) electrons. The van der Waals surface area contributed by atoms with Gasteiger partial charge >= 0.3 is 0 Å². The van der Waals surface area contributed by atoms with Gasteiger partial charge in [-0.1, -0.05) is 24.3 Å². The van der Waals surface area contributed by atoms with E-state index in [1.165, 1.54) is 11.1 Å². The standard InChI is InChI=1S/C8H10.11H3N/c1-7-5-3-4-6-8(7)2;;;;;;;;;;;/h3-6H,1-2H3;11*1H3. The first-order valence-corrected chi connectivity index (χ1v) is 2.83. The van der Waals surface area contributed by atoms with Gasteiger partial charge in [0.2, 0.25) is 0 Å². The van der Waals surface area contributed by atoms with Crippen LogP contribution in [0, 0.1) is 13.8 Å². The quantitative estimate of drug-likeness (QED) is 0.323. The van der Waals surface area contributed by atoms with Crippen LogP contribution in [0.1, 0.15) is 11.1 Å². The summed E-state index contributed by atoms with van der Waals surface area (Å²) in [6, 6.07) is 8.36. The molecule has 0 aliphatic carbocycles. The Morgan fingerprint density at radius 1 is 0.421 bits per heavy atom. The van der Waals surface area contributed by atoms with Gasteiger partial charge in [-0.3, -0.25) is 0 Å². The lowest BCUT2D eigenvalue weighted by atomic mass is 10.1. The van der Waals surface area contributed by atoms with Crippen LogP contribution in [0.2, 0.25) is 0 Å². The smallest absolute Gasteiger partial charge is 0.0395 e. The van der Waals surface area contributed by atoms with E-state index in [0.29, 0.717) is 0 Å². The second-order valence-corrected chi connectivity index (χ2v) is 2.08. The lowest BCUT2D eigenvalue weighted by molar-refractivity contribution is 1.34. The fraction of sp³-hybridized carbons (Fsp3) is 0.250. The minimum absolute atomic E-state index is 0. The first-order chi connectivity index (χ1) is 3.80. The van der Waals surface area contributed by atoms with Gasteiger partial charge < -0.3 is 67.7 Å². The van der Waals surface area contributed by atoms with Gasteiger partial charge in [-0.05, 0) is 25.0 Å². The molecular formula is C8H43N11. The molecule has 0 spiro atoms. The van der Waals surface area contributed by atoms with Crippen molar-refractivity contribution >= 4 is 0 Å². The summed E-state index contributed by atoms with van der Waals surface area (Å²) in [5, 5.41) is 0. The molecule has 33 N–H and O–H groups in total. The maximum absolute atomic E-state index is 2.12. The molecule has 0 atom stereocenters. The predicted molar refractivity (Wildman–Crippen MR) is 91.2 cm³/mol. The largest absolute Gasteiger partial charge is 0.344 e. The summed E-state index contributed by atoms with van der Waals surface area (Å²) in [6.07, 6.45) is 0. The third kappa shape index (κ3) is 38.3. The van der Waals surface area contributed by atoms with Gasteiger partial charge in [-0.25, -0.2) is 0 Å². The maximum atomic E-state index is 2.12. The summed E-state index contributed by atoms with van der Waals surface area (Å²) in [5.41, 5.74) is 2.74. The zero-order chi connectivity index (χ0) is 5.98. The molecule has 11 heteroatoms. The number of rotatable bonds is 0. The van der Waals surface area contributed by atoms with Crippen molar-refractivity contribution in [3.05, 3.63) is 35.4 Å². The van der Waals surface area contributed by atoms with E-state index < -0.39 is 0 Å². The molecule has 0 aromatic heterocycles. The Morgan fingerprint density at radius 2 is 0.579 bits per heavy atom. The zero-order valence-electron chi connectivity index (χ0n) is 13.1. The summed E-state index contributed by atoms with van der Waals surface area (Å²) < 4.78 is 0. The number of aryl methyl sites for hydroxylation is 2. The normalized spacial score (nSPS) is 3.89. The van der Waals surface area contributed by atoms with Crippen LogP contribution in [0.15, 0.2) is 24.3 Å². The van der Waals surface area contributed by atoms with Crippen LogP contribution >= 0.6 is 0 Å². The van der Waals surface area contributed by atoms with Crippen molar-refractivity contribution in [3.8, 4) is 0 Å². The van der Waals surface area contributed by atoms with Crippen molar-refractivity contribution < 1.29 is 0 Å². The van der Waals surface area contributed by atoms with Crippen LogP contribution in [-0.4, -0.2) is 0 Å². The van der Waals surface area contributed by atoms with Gasteiger partial charge in [-0.2, -0.15) is 0 Å². The minimum atomic E-state index is 0. The predicted octanol–water partition coefficient (Wildman–Crippen LogP) is 4.09. The average Bonchev–Trinajstić information content (AvgIpc) is 1.77. The molecule has 0 saturated carbocycles. The van der Waals surface area contributed by atoms with E-state index in [4.69, 9.17) is 0 Å². The fourth-order valence-corrected chi connectivity index (χ4v) is 0.663. The molecule has 130 valence electrons. The van der Waals surface area contributed by atoms with E-state index >= 15 is 0 Å². The van der Waals surface area contributed by atoms with Crippen LogP contribution < -0.4 is 67.7 Å². The summed E-state index contributed by atoms with van der Waals surface area (Å²) in [4.78, 5) is 0. The third-order valence-corrected chi connectivity index (χ3v) is 1.43. The molecule has 0 amide bonds. The molecule has 0 aliphatic heterocycles. The lowest BCUT2D eigenvalue weighted by Crippen LogP contribution is -1.74. The first kappa shape index (κ1) is 109. The Kier molecular flexibility index (Phi) is 311. The highest BCUT2D eigenvalue weighted by atomic mass is 14.0. The van der Waals surface area contributed by atoms with E-state index in [1.54, 1.807) is 0 Å². The van der Waals surface area contributed by atoms with E-state index in [1.807, 2.05) is 0 Å². The van der Waals surface area contributed by atoms with E-state index in [-0.39, 0.29) is 67.7 Å². The van der Waals surface area contributed by atoms with E-state index in [2.05, 4.69) is 38.1 Å². The highest BCUT2D eigenvalue weighted by Gasteiger charge is 1.83. The molecule has 0 heterocycles. The Labute approximate surface area is 118 Å². The van der Waals surface area contributed by atoms with E-state index in [9.17, 15) is 0 Å². The van der Waals surface area contributed by atoms with Gasteiger partial charge in [0.05, 0.1) is 0 Å². The molecule has 1 aromatic rings. The molecule has 0 unspecified atom stereocenters. The Balaban J connectivity index is -0.00000000646. The van der Waals surface area contributed by atoms with E-state index in [0.717, 1.165) is 0 Å². The summed E-state index contributed by atoms with van der Waals surface area (Å²) in [7, 11) is 0. The topological polar surface area (TPSA) is 385 Å². The number of benzene rings is 1. The minimum Gasteiger partial charge on any atom is -0.344 e. The number of hydrogen-bond donors (Lipinski definition) is 11. The van der Waals surface area contributed by atoms with Crippen molar-refractivity contribution in [2.75, 3.05) is 0 Å². The molecule has 0 saturated heterocycles. The van der Waals surface area contributed by atoms with Crippen LogP contribution in [-0.2, 0) is 0 Å². The molecule has 1 rings (SSSR count). The van der Waals surface area contributed by atoms with Crippen molar-refractivity contribution in [1.29, 1.82) is 0 Å². The highest BCUT2D eigenvalue weighted by molar-refractivity contribution is 5.23. The van der Waals surface area contributed by atoms with Gasteiger partial charge in [0, 0.05) is 0 Å². The Hall–Kier alpha value is -1.22. The SMILES string of the molecule is Cc1ccccc1C.N.N.N.N.N.N.N.N.N.N.N. The van der Waals surface area contributed by atoms with Gasteiger partial charge in [0.15, 0.2) is 0 Å². The van der Waals surface area contributed by atoms with Crippen LogP contribution in [0.5, 0.6) is 0 Å². The summed E-state index contributed by atoms with van der Waals surface area (Å²) in [6.45, 7) is 4.24. The second-order valence-electron chi connectivity index (χ2n) is 2.08. The molecule has 19 heavy (non-hydrogen) atoms. The van der Waals surface area contributed by atoms with Gasteiger partial charge in [0.1, 0.15) is 0 Å². The fourth-order valence-electron chi connectivity index (χ4n) is 0.663. The molecular weight excluding hydrogens is 250 g/mol. The lowest BCUT2D eigenvalue weighted by Gasteiger charge is -1.93. The molecule has 0 bridgehead atoms. The van der Waals surface area contributed by atoms with Crippen molar-refractivity contribution in [1.82, 2.24) is 67.7 Å². The second kappa shape index (κ2) is 54.2. The van der Waals surface area contributed by atoms with Crippen LogP contribution in [0.25, 0.3) is 0 Å². The van der Waals surface area contributed by atoms with Crippen molar-refractivity contribution in [3.63, 3.8) is 0 Å². The zero-order valence-corrected chi connectivity index (χ0v) is 13.1. The van der Waals surface area contributed by atoms with Crippen molar-refractivity contribution in [2.45, 2.75) is 13.8 Å². The molecule has 0 fully saturated rings. The van der Waals surface area contributed by atoms with Gasteiger partial charge in [0.25, 0.3) is 0 Å². The molecule has 11 nitrogen and oxygen atoms in total. The Bertz CT molecular complexity index is 175. The monoisotopic (exact) mass is 293 g/mol. The van der Waals surface area contributed by atoms with Gasteiger partial charge in [-0.15, -0.1) is 0 Å². The summed E-state index contributed by atoms with van der Waals surface area (Å²) >= 11 is 0. The Morgan fingerprint density at radius 3 is 0.684 bits per heavy atom. The third-order valence-electron chi connectivity index (χ3n) is 1.43. The van der Waals surface area contributed by atoms with Crippen LogP contribution in [0.4, 0.5) is 0 Å². The number of hydrogen-bond acceptors (Lipinski definition) is 11. The first-order valence-electron chi connectivity index (χ1n) is 2.83. The highest BCUT2D eigenvalue weighted by Crippen LogP contribution is 2.02. The van der Waals surface area contributed by atoms with Crippen LogP contribution in [0.3, 0.4) is 0 Å². The average molecular weight is 294 g/mol.